The summed E-state index contributed by atoms with van der Waals surface area (Å²) < 4.78 is 0. The Kier molecular flexibility index (Phi) is 2.54. The summed E-state index contributed by atoms with van der Waals surface area (Å²) in [6.45, 7) is 4.24. The van der Waals surface area contributed by atoms with Gasteiger partial charge in [-0.2, -0.15) is 0 Å². The number of H-pyrrole nitrogens is 1. The first-order valence-electron chi connectivity index (χ1n) is 5.25. The van der Waals surface area contributed by atoms with Crippen LogP contribution in [0.1, 0.15) is 30.9 Å². The molecule has 0 fully saturated rings. The van der Waals surface area contributed by atoms with Crippen molar-refractivity contribution in [3.8, 4) is 12.3 Å². The molecule has 1 heterocycles. The first kappa shape index (κ1) is 10.5. The lowest BCUT2D eigenvalue weighted by molar-refractivity contribution is 0.868. The summed E-state index contributed by atoms with van der Waals surface area (Å²) in [6, 6.07) is 7.35. The molecule has 0 aliphatic rings. The van der Waals surface area contributed by atoms with Gasteiger partial charge in [-0.3, -0.25) is 4.79 Å². The highest BCUT2D eigenvalue weighted by Gasteiger charge is 2.05. The number of nitrogens with one attached hydrogen (secondary N) is 1. The maximum atomic E-state index is 11.2. The number of terminal acetylenes is 1. The van der Waals surface area contributed by atoms with Crippen LogP contribution in [0.5, 0.6) is 0 Å². The number of benzene rings is 1. The largest absolute Gasteiger partial charge is 0.321 e. The summed E-state index contributed by atoms with van der Waals surface area (Å²) >= 11 is 0. The summed E-state index contributed by atoms with van der Waals surface area (Å²) in [7, 11) is 0. The smallest absolute Gasteiger partial charge is 0.248 e. The first-order chi connectivity index (χ1) is 7.61. The second kappa shape index (κ2) is 3.86. The lowest BCUT2D eigenvalue weighted by atomic mass is 9.98. The number of rotatable bonds is 1. The minimum Gasteiger partial charge on any atom is -0.321 e. The van der Waals surface area contributed by atoms with Crippen LogP contribution in [0.4, 0.5) is 0 Å². The second-order valence-corrected chi connectivity index (χ2v) is 4.15. The van der Waals surface area contributed by atoms with E-state index in [1.165, 1.54) is 11.6 Å². The summed E-state index contributed by atoms with van der Waals surface area (Å²) in [6.07, 6.45) is 5.46. The molecule has 2 aromatic rings. The summed E-state index contributed by atoms with van der Waals surface area (Å²) in [4.78, 5) is 14.0. The highest BCUT2D eigenvalue weighted by Crippen LogP contribution is 2.22. The van der Waals surface area contributed by atoms with Gasteiger partial charge >= 0.3 is 0 Å². The maximum absolute atomic E-state index is 11.2. The second-order valence-electron chi connectivity index (χ2n) is 4.15. The van der Waals surface area contributed by atoms with Crippen LogP contribution in [0.15, 0.2) is 29.1 Å². The van der Waals surface area contributed by atoms with Crippen molar-refractivity contribution in [1.82, 2.24) is 4.98 Å². The van der Waals surface area contributed by atoms with Gasteiger partial charge in [0, 0.05) is 11.6 Å². The summed E-state index contributed by atoms with van der Waals surface area (Å²) in [5, 5.41) is 0.985. The Hall–Kier alpha value is -2.01. The third-order valence-corrected chi connectivity index (χ3v) is 2.68. The zero-order valence-corrected chi connectivity index (χ0v) is 9.37. The van der Waals surface area contributed by atoms with E-state index in [-0.39, 0.29) is 5.56 Å². The molecule has 1 N–H and O–H groups in total. The van der Waals surface area contributed by atoms with Crippen LogP contribution in [0, 0.1) is 12.3 Å². The van der Waals surface area contributed by atoms with E-state index in [0.29, 0.717) is 5.92 Å². The van der Waals surface area contributed by atoms with Crippen molar-refractivity contribution in [2.45, 2.75) is 19.8 Å². The molecule has 0 radical (unpaired) electrons. The zero-order valence-electron chi connectivity index (χ0n) is 9.37. The van der Waals surface area contributed by atoms with Gasteiger partial charge in [-0.25, -0.2) is 0 Å². The molecule has 1 aromatic heterocycles. The van der Waals surface area contributed by atoms with E-state index in [1.807, 2.05) is 6.07 Å². The standard InChI is InChI=1S/C14H13NO/c1-4-10-7-12(9(2)3)8-11-5-6-13(16)15-14(10)11/h1,5-9H,2-3H3,(H,15,16). The van der Waals surface area contributed by atoms with Gasteiger partial charge in [0.15, 0.2) is 0 Å². The average Bonchev–Trinajstić information content (AvgIpc) is 2.27. The van der Waals surface area contributed by atoms with E-state index in [9.17, 15) is 4.79 Å². The molecule has 80 valence electrons. The third-order valence-electron chi connectivity index (χ3n) is 2.68. The molecule has 0 aliphatic carbocycles. The van der Waals surface area contributed by atoms with Crippen LogP contribution in [0.25, 0.3) is 10.9 Å². The number of pyridine rings is 1. The summed E-state index contributed by atoms with van der Waals surface area (Å²) in [5.41, 5.74) is 2.56. The number of hydrogen-bond acceptors (Lipinski definition) is 1. The van der Waals surface area contributed by atoms with Crippen LogP contribution in [-0.4, -0.2) is 4.98 Å². The number of hydrogen-bond donors (Lipinski definition) is 1. The van der Waals surface area contributed by atoms with Crippen molar-refractivity contribution < 1.29 is 0 Å². The monoisotopic (exact) mass is 211 g/mol. The van der Waals surface area contributed by atoms with Gasteiger partial charge < -0.3 is 4.98 Å². The van der Waals surface area contributed by atoms with Crippen LogP contribution in [0.3, 0.4) is 0 Å². The summed E-state index contributed by atoms with van der Waals surface area (Å²) in [5.74, 6) is 3.04. The van der Waals surface area contributed by atoms with Crippen LogP contribution < -0.4 is 5.56 Å². The van der Waals surface area contributed by atoms with E-state index >= 15 is 0 Å². The molecule has 0 saturated carbocycles. The van der Waals surface area contributed by atoms with Gasteiger partial charge in [-0.1, -0.05) is 19.8 Å². The van der Waals surface area contributed by atoms with Crippen molar-refractivity contribution in [2.24, 2.45) is 0 Å². The lowest BCUT2D eigenvalue weighted by Crippen LogP contribution is -2.04. The maximum Gasteiger partial charge on any atom is 0.248 e. The highest BCUT2D eigenvalue weighted by atomic mass is 16.1. The normalized spacial score (nSPS) is 10.6. The molecule has 2 heteroatoms. The quantitative estimate of drug-likeness (QED) is 0.723. The Labute approximate surface area is 94.3 Å². The Morgan fingerprint density at radius 1 is 1.31 bits per heavy atom. The molecule has 1 aromatic carbocycles. The highest BCUT2D eigenvalue weighted by molar-refractivity contribution is 5.85. The molecule has 2 rings (SSSR count). The SMILES string of the molecule is C#Cc1cc(C(C)C)cc2ccc(=O)[nH]c12. The minimum atomic E-state index is -0.124. The molecular weight excluding hydrogens is 198 g/mol. The topological polar surface area (TPSA) is 32.9 Å². The first-order valence-corrected chi connectivity index (χ1v) is 5.25. The van der Waals surface area contributed by atoms with Crippen molar-refractivity contribution in [3.05, 3.63) is 45.7 Å². The van der Waals surface area contributed by atoms with Crippen molar-refractivity contribution in [2.75, 3.05) is 0 Å². The van der Waals surface area contributed by atoms with E-state index < -0.39 is 0 Å². The number of fused-ring (bicyclic) bond motifs is 1. The van der Waals surface area contributed by atoms with Crippen molar-refractivity contribution >= 4 is 10.9 Å². The fraction of sp³-hybridized carbons (Fsp3) is 0.214. The van der Waals surface area contributed by atoms with Crippen LogP contribution >= 0.6 is 0 Å². The third kappa shape index (κ3) is 1.72. The van der Waals surface area contributed by atoms with Crippen LogP contribution in [-0.2, 0) is 0 Å². The van der Waals surface area contributed by atoms with Gasteiger partial charge in [0.2, 0.25) is 5.56 Å². The molecule has 0 aliphatic heterocycles. The van der Waals surface area contributed by atoms with Gasteiger partial charge in [0.25, 0.3) is 0 Å². The molecule has 0 unspecified atom stereocenters. The van der Waals surface area contributed by atoms with Gasteiger partial charge in [0.05, 0.1) is 5.52 Å². The molecule has 0 bridgehead atoms. The van der Waals surface area contributed by atoms with Gasteiger partial charge in [-0.15, -0.1) is 6.42 Å². The Bertz CT molecular complexity index is 629. The molecular formula is C14H13NO. The molecule has 16 heavy (non-hydrogen) atoms. The van der Waals surface area contributed by atoms with Gasteiger partial charge in [0.1, 0.15) is 0 Å². The fourth-order valence-electron chi connectivity index (χ4n) is 1.74. The molecule has 0 atom stereocenters. The molecule has 0 amide bonds. The Balaban J connectivity index is 2.85. The predicted molar refractivity (Wildman–Crippen MR) is 66.6 cm³/mol. The molecule has 0 saturated heterocycles. The van der Waals surface area contributed by atoms with Crippen LogP contribution in [0.2, 0.25) is 0 Å². The van der Waals surface area contributed by atoms with E-state index in [4.69, 9.17) is 6.42 Å². The number of aromatic nitrogens is 1. The zero-order chi connectivity index (χ0) is 11.7. The Morgan fingerprint density at radius 3 is 2.69 bits per heavy atom. The fourth-order valence-corrected chi connectivity index (χ4v) is 1.74. The van der Waals surface area contributed by atoms with E-state index in [0.717, 1.165) is 16.5 Å². The van der Waals surface area contributed by atoms with Crippen molar-refractivity contribution in [3.63, 3.8) is 0 Å². The average molecular weight is 211 g/mol. The molecule has 0 spiro atoms. The van der Waals surface area contributed by atoms with E-state index in [1.54, 1.807) is 6.07 Å². The Morgan fingerprint density at radius 2 is 2.06 bits per heavy atom. The van der Waals surface area contributed by atoms with E-state index in [2.05, 4.69) is 30.8 Å². The van der Waals surface area contributed by atoms with Gasteiger partial charge in [-0.05, 0) is 35.1 Å². The molecule has 2 nitrogen and oxygen atoms in total. The number of aromatic amines is 1. The minimum absolute atomic E-state index is 0.124. The lowest BCUT2D eigenvalue weighted by Gasteiger charge is -2.08. The predicted octanol–water partition coefficient (Wildman–Crippen LogP) is 2.63. The van der Waals surface area contributed by atoms with Crippen molar-refractivity contribution in [1.29, 1.82) is 0 Å².